The van der Waals surface area contributed by atoms with Gasteiger partial charge in [-0.1, -0.05) is 11.6 Å². The number of carbonyl (C=O) groups is 1. The van der Waals surface area contributed by atoms with Crippen molar-refractivity contribution in [2.45, 2.75) is 57.7 Å². The van der Waals surface area contributed by atoms with Crippen molar-refractivity contribution in [3.05, 3.63) is 47.2 Å². The Morgan fingerprint density at radius 3 is 2.64 bits per heavy atom. The molecular formula is C25H35ClN4O3. The zero-order valence-corrected chi connectivity index (χ0v) is 20.5. The molecule has 2 saturated heterocycles. The summed E-state index contributed by atoms with van der Waals surface area (Å²) in [7, 11) is 0. The van der Waals surface area contributed by atoms with Crippen LogP contribution in [0.2, 0.25) is 5.02 Å². The summed E-state index contributed by atoms with van der Waals surface area (Å²) in [5.74, 6) is 0.881. The first kappa shape index (κ1) is 24.0. The van der Waals surface area contributed by atoms with Crippen molar-refractivity contribution in [3.8, 4) is 5.75 Å². The third kappa shape index (κ3) is 6.28. The molecule has 1 amide bonds. The van der Waals surface area contributed by atoms with Crippen molar-refractivity contribution < 1.29 is 14.3 Å². The van der Waals surface area contributed by atoms with E-state index >= 15 is 0 Å². The lowest BCUT2D eigenvalue weighted by molar-refractivity contribution is -0.157. The molecular weight excluding hydrogens is 440 g/mol. The molecule has 180 valence electrons. The van der Waals surface area contributed by atoms with E-state index in [9.17, 15) is 4.79 Å². The summed E-state index contributed by atoms with van der Waals surface area (Å²) in [6.07, 6.45) is 5.52. The van der Waals surface area contributed by atoms with Crippen molar-refractivity contribution in [3.63, 3.8) is 0 Å². The molecule has 1 aromatic heterocycles. The van der Waals surface area contributed by atoms with Crippen LogP contribution in [0.1, 0.15) is 51.3 Å². The minimum absolute atomic E-state index is 0.156. The van der Waals surface area contributed by atoms with Crippen molar-refractivity contribution in [1.82, 2.24) is 19.6 Å². The van der Waals surface area contributed by atoms with Crippen LogP contribution in [-0.2, 0) is 16.1 Å². The Morgan fingerprint density at radius 1 is 1.15 bits per heavy atom. The first-order valence-electron chi connectivity index (χ1n) is 12.0. The third-order valence-corrected chi connectivity index (χ3v) is 6.70. The molecule has 33 heavy (non-hydrogen) atoms. The van der Waals surface area contributed by atoms with Crippen molar-refractivity contribution in [1.29, 1.82) is 0 Å². The Kier molecular flexibility index (Phi) is 7.94. The lowest BCUT2D eigenvalue weighted by Crippen LogP contribution is -2.57. The maximum Gasteiger partial charge on any atom is 0.225 e. The van der Waals surface area contributed by atoms with Crippen molar-refractivity contribution in [2.75, 3.05) is 39.4 Å². The summed E-state index contributed by atoms with van der Waals surface area (Å²) >= 11 is 6.02. The summed E-state index contributed by atoms with van der Waals surface area (Å²) in [6, 6.07) is 9.69. The van der Waals surface area contributed by atoms with Crippen LogP contribution >= 0.6 is 11.6 Å². The highest BCUT2D eigenvalue weighted by Crippen LogP contribution is 2.28. The molecule has 3 heterocycles. The van der Waals surface area contributed by atoms with Gasteiger partial charge in [-0.2, -0.15) is 5.10 Å². The molecule has 2 fully saturated rings. The normalized spacial score (nSPS) is 22.0. The Morgan fingerprint density at radius 2 is 1.91 bits per heavy atom. The fourth-order valence-electron chi connectivity index (χ4n) is 4.74. The van der Waals surface area contributed by atoms with Crippen LogP contribution in [0, 0.1) is 0 Å². The molecule has 7 nitrogen and oxygen atoms in total. The minimum atomic E-state index is -0.699. The van der Waals surface area contributed by atoms with Crippen molar-refractivity contribution >= 4 is 17.5 Å². The van der Waals surface area contributed by atoms with Gasteiger partial charge < -0.3 is 14.4 Å². The number of hydrogen-bond donors (Lipinski definition) is 0. The Balaban J connectivity index is 1.49. The summed E-state index contributed by atoms with van der Waals surface area (Å²) in [4.78, 5) is 17.6. The average Bonchev–Trinajstić information content (AvgIpc) is 3.28. The number of nitrogens with zero attached hydrogens (tertiary/aromatic N) is 4. The van der Waals surface area contributed by atoms with Crippen LogP contribution in [0.3, 0.4) is 0 Å². The lowest BCUT2D eigenvalue weighted by Gasteiger charge is -2.43. The molecule has 2 aliphatic rings. The van der Waals surface area contributed by atoms with Gasteiger partial charge in [-0.05, 0) is 63.4 Å². The Bertz CT molecular complexity index is 911. The molecule has 0 N–H and O–H groups in total. The van der Waals surface area contributed by atoms with Gasteiger partial charge >= 0.3 is 0 Å². The molecule has 0 unspecified atom stereocenters. The topological polar surface area (TPSA) is 59.8 Å². The second-order valence-electron chi connectivity index (χ2n) is 9.46. The number of carbonyl (C=O) groups excluding carboxylic acids is 1. The molecule has 1 atom stereocenters. The van der Waals surface area contributed by atoms with Gasteiger partial charge in [0.25, 0.3) is 0 Å². The predicted octanol–water partition coefficient (Wildman–Crippen LogP) is 4.17. The monoisotopic (exact) mass is 474 g/mol. The predicted molar refractivity (Wildman–Crippen MR) is 129 cm³/mol. The van der Waals surface area contributed by atoms with Gasteiger partial charge in [0.2, 0.25) is 5.91 Å². The summed E-state index contributed by atoms with van der Waals surface area (Å²) < 4.78 is 14.5. The van der Waals surface area contributed by atoms with E-state index in [-0.39, 0.29) is 5.91 Å². The number of amides is 1. The number of morpholine rings is 1. The molecule has 0 radical (unpaired) electrons. The molecule has 0 bridgehead atoms. The van der Waals surface area contributed by atoms with Gasteiger partial charge in [-0.15, -0.1) is 0 Å². The van der Waals surface area contributed by atoms with Crippen LogP contribution in [0.5, 0.6) is 5.75 Å². The standard InChI is InChI=1S/C25H35ClN4O3/c1-20(2)30-22(10-11-27-30)17-28-14-15-33-25(18-28,16-24(31)29-12-4-3-5-13-29)19-32-23-8-6-21(26)7-9-23/h6-11,20H,3-5,12-19H2,1-2H3/t25-/m1/s1. The largest absolute Gasteiger partial charge is 0.491 e. The first-order chi connectivity index (χ1) is 15.9. The van der Waals surface area contributed by atoms with E-state index in [1.807, 2.05) is 35.4 Å². The highest BCUT2D eigenvalue weighted by molar-refractivity contribution is 6.30. The number of ether oxygens (including phenoxy) is 2. The van der Waals surface area contributed by atoms with E-state index in [1.54, 1.807) is 0 Å². The van der Waals surface area contributed by atoms with Gasteiger partial charge in [0.15, 0.2) is 0 Å². The number of rotatable bonds is 8. The van der Waals surface area contributed by atoms with E-state index in [4.69, 9.17) is 21.1 Å². The molecule has 2 aliphatic heterocycles. The van der Waals surface area contributed by atoms with E-state index < -0.39 is 5.60 Å². The summed E-state index contributed by atoms with van der Waals surface area (Å²) in [5, 5.41) is 5.14. The third-order valence-electron chi connectivity index (χ3n) is 6.45. The maximum absolute atomic E-state index is 13.2. The van der Waals surface area contributed by atoms with Crippen LogP contribution in [0.25, 0.3) is 0 Å². The van der Waals surface area contributed by atoms with Gasteiger partial charge in [-0.3, -0.25) is 14.4 Å². The zero-order chi connectivity index (χ0) is 23.3. The fraction of sp³-hybridized carbons (Fsp3) is 0.600. The van der Waals surface area contributed by atoms with Gasteiger partial charge in [-0.25, -0.2) is 0 Å². The van der Waals surface area contributed by atoms with Gasteiger partial charge in [0, 0.05) is 50.0 Å². The molecule has 0 saturated carbocycles. The number of piperidine rings is 1. The fourth-order valence-corrected chi connectivity index (χ4v) is 4.87. The smallest absolute Gasteiger partial charge is 0.225 e. The molecule has 2 aromatic rings. The van der Waals surface area contributed by atoms with Crippen molar-refractivity contribution in [2.24, 2.45) is 0 Å². The zero-order valence-electron chi connectivity index (χ0n) is 19.7. The summed E-state index contributed by atoms with van der Waals surface area (Å²) in [6.45, 7) is 9.03. The van der Waals surface area contributed by atoms with E-state index in [2.05, 4.69) is 34.6 Å². The van der Waals surface area contributed by atoms with Crippen LogP contribution < -0.4 is 4.74 Å². The van der Waals surface area contributed by atoms with Crippen LogP contribution in [0.4, 0.5) is 0 Å². The summed E-state index contributed by atoms with van der Waals surface area (Å²) in [5.41, 5.74) is 0.469. The maximum atomic E-state index is 13.2. The Labute approximate surface area is 201 Å². The average molecular weight is 475 g/mol. The SMILES string of the molecule is CC(C)n1nccc1CN1CCO[C@](COc2ccc(Cl)cc2)(CC(=O)N2CCCCC2)C1. The van der Waals surface area contributed by atoms with E-state index in [0.29, 0.717) is 37.2 Å². The number of hydrogen-bond acceptors (Lipinski definition) is 5. The van der Waals surface area contributed by atoms with Gasteiger partial charge in [0.1, 0.15) is 18.0 Å². The lowest BCUT2D eigenvalue weighted by atomic mass is 9.96. The second-order valence-corrected chi connectivity index (χ2v) is 9.90. The first-order valence-corrected chi connectivity index (χ1v) is 12.4. The molecule has 1 aromatic carbocycles. The minimum Gasteiger partial charge on any atom is -0.491 e. The quantitative estimate of drug-likeness (QED) is 0.574. The molecule has 4 rings (SSSR count). The second kappa shape index (κ2) is 10.9. The molecule has 8 heteroatoms. The van der Waals surface area contributed by atoms with Crippen LogP contribution in [0.15, 0.2) is 36.5 Å². The Hall–Kier alpha value is -2.09. The number of likely N-dealkylation sites (tertiary alicyclic amines) is 1. The van der Waals surface area contributed by atoms with E-state index in [1.165, 1.54) is 12.1 Å². The highest BCUT2D eigenvalue weighted by atomic mass is 35.5. The van der Waals surface area contributed by atoms with Gasteiger partial charge in [0.05, 0.1) is 18.7 Å². The highest BCUT2D eigenvalue weighted by Gasteiger charge is 2.41. The number of halogens is 1. The number of aromatic nitrogens is 2. The van der Waals surface area contributed by atoms with Crippen LogP contribution in [-0.4, -0.2) is 70.5 Å². The number of benzene rings is 1. The van der Waals surface area contributed by atoms with E-state index in [0.717, 1.165) is 44.8 Å². The molecule has 0 spiro atoms. The molecule has 0 aliphatic carbocycles.